The van der Waals surface area contributed by atoms with E-state index >= 15 is 0 Å². The molecule has 0 atom stereocenters. The molecule has 21 heavy (non-hydrogen) atoms. The fraction of sp³-hybridized carbons (Fsp3) is 0.385. The summed E-state index contributed by atoms with van der Waals surface area (Å²) in [6, 6.07) is 5.13. The quantitative estimate of drug-likeness (QED) is 0.862. The van der Waals surface area contributed by atoms with Crippen LogP contribution < -0.4 is 5.32 Å². The second-order valence-electron chi connectivity index (χ2n) is 5.43. The highest BCUT2D eigenvalue weighted by atomic mass is 32.2. The molecule has 2 aromatic heterocycles. The molecule has 2 aromatic rings. The van der Waals surface area contributed by atoms with Crippen LogP contribution >= 0.6 is 0 Å². The molecule has 2 heterocycles. The summed E-state index contributed by atoms with van der Waals surface area (Å²) in [7, 11) is -3.28. The van der Waals surface area contributed by atoms with Crippen molar-refractivity contribution < 1.29 is 18.3 Å². The van der Waals surface area contributed by atoms with Gasteiger partial charge in [0.15, 0.2) is 21.3 Å². The lowest BCUT2D eigenvalue weighted by molar-refractivity contribution is 0.0690. The monoisotopic (exact) mass is 311 g/mol. The summed E-state index contributed by atoms with van der Waals surface area (Å²) in [6.07, 6.45) is 2.75. The number of carboxylic acid groups (broad SMARTS) is 1. The number of imidazole rings is 1. The summed E-state index contributed by atoms with van der Waals surface area (Å²) in [4.78, 5) is 15.6. The average Bonchev–Trinajstić information content (AvgIpc) is 2.73. The van der Waals surface area contributed by atoms with Crippen molar-refractivity contribution in [1.82, 2.24) is 9.38 Å². The van der Waals surface area contributed by atoms with Crippen LogP contribution in [0.1, 0.15) is 24.3 Å². The van der Waals surface area contributed by atoms with Gasteiger partial charge in [-0.25, -0.2) is 18.2 Å². The van der Waals surface area contributed by atoms with Crippen molar-refractivity contribution in [2.45, 2.75) is 18.6 Å². The van der Waals surface area contributed by atoms with Crippen LogP contribution in [0.15, 0.2) is 24.4 Å². The van der Waals surface area contributed by atoms with Crippen molar-refractivity contribution >= 4 is 27.3 Å². The lowest BCUT2D eigenvalue weighted by atomic mass is 10.2. The lowest BCUT2D eigenvalue weighted by Gasteiger charge is -2.22. The molecule has 0 bridgehead atoms. The first kappa shape index (κ1) is 15.3. The Labute approximate surface area is 122 Å². The van der Waals surface area contributed by atoms with Gasteiger partial charge in [-0.2, -0.15) is 0 Å². The van der Waals surface area contributed by atoms with Gasteiger partial charge in [0.05, 0.1) is 4.75 Å². The third kappa shape index (κ3) is 2.85. The van der Waals surface area contributed by atoms with Crippen molar-refractivity contribution in [3.8, 4) is 0 Å². The number of anilines is 1. The first-order chi connectivity index (χ1) is 9.63. The highest BCUT2D eigenvalue weighted by Gasteiger charge is 2.31. The van der Waals surface area contributed by atoms with Crippen LogP contribution in [0.25, 0.3) is 5.65 Å². The van der Waals surface area contributed by atoms with Gasteiger partial charge in [0.1, 0.15) is 5.65 Å². The molecule has 0 aliphatic heterocycles. The number of rotatable bonds is 5. The molecule has 2 rings (SSSR count). The molecule has 0 spiro atoms. The van der Waals surface area contributed by atoms with Crippen LogP contribution in [0.3, 0.4) is 0 Å². The molecule has 0 fully saturated rings. The van der Waals surface area contributed by atoms with Gasteiger partial charge in [0, 0.05) is 19.0 Å². The number of pyridine rings is 1. The van der Waals surface area contributed by atoms with E-state index in [-0.39, 0.29) is 18.1 Å². The number of hydrogen-bond acceptors (Lipinski definition) is 5. The predicted octanol–water partition coefficient (Wildman–Crippen LogP) is 1.27. The Kier molecular flexibility index (Phi) is 3.66. The molecule has 0 saturated heterocycles. The molecule has 0 unspecified atom stereocenters. The largest absolute Gasteiger partial charge is 0.476 e. The van der Waals surface area contributed by atoms with E-state index in [0.717, 1.165) is 6.26 Å². The van der Waals surface area contributed by atoms with Gasteiger partial charge >= 0.3 is 5.97 Å². The van der Waals surface area contributed by atoms with Gasteiger partial charge in [-0.05, 0) is 26.0 Å². The minimum atomic E-state index is -3.28. The van der Waals surface area contributed by atoms with Gasteiger partial charge in [0.25, 0.3) is 0 Å². The molecule has 0 aliphatic rings. The predicted molar refractivity (Wildman–Crippen MR) is 79.6 cm³/mol. The summed E-state index contributed by atoms with van der Waals surface area (Å²) >= 11 is 0. The second-order valence-corrected chi connectivity index (χ2v) is 8.08. The summed E-state index contributed by atoms with van der Waals surface area (Å²) in [5.41, 5.74) is 0.462. The Hall–Kier alpha value is -2.09. The molecule has 0 aliphatic carbocycles. The summed E-state index contributed by atoms with van der Waals surface area (Å²) in [5, 5.41) is 12.2. The molecule has 0 amide bonds. The number of nitrogens with one attached hydrogen (secondary N) is 1. The zero-order chi connectivity index (χ0) is 15.8. The molecule has 0 radical (unpaired) electrons. The number of carbonyl (C=O) groups is 1. The smallest absolute Gasteiger partial charge is 0.356 e. The van der Waals surface area contributed by atoms with E-state index in [9.17, 15) is 18.3 Å². The van der Waals surface area contributed by atoms with E-state index in [4.69, 9.17) is 0 Å². The standard InChI is InChI=1S/C13H17N3O4S/c1-13(2,21(3,19)20)8-14-11-10(12(17)18)16-7-5-4-6-9(16)15-11/h4-7,14H,8H2,1-3H3,(H,17,18). The van der Waals surface area contributed by atoms with Crippen LogP contribution in [0.5, 0.6) is 0 Å². The number of carboxylic acids is 1. The summed E-state index contributed by atoms with van der Waals surface area (Å²) in [5.74, 6) is -0.973. The minimum absolute atomic E-state index is 0.0186. The highest BCUT2D eigenvalue weighted by molar-refractivity contribution is 7.92. The van der Waals surface area contributed by atoms with Crippen molar-refractivity contribution in [3.05, 3.63) is 30.1 Å². The van der Waals surface area contributed by atoms with E-state index < -0.39 is 20.6 Å². The summed E-state index contributed by atoms with van der Waals surface area (Å²) < 4.78 is 23.8. The lowest BCUT2D eigenvalue weighted by Crippen LogP contribution is -2.38. The van der Waals surface area contributed by atoms with Crippen molar-refractivity contribution in [3.63, 3.8) is 0 Å². The Balaban J connectivity index is 2.39. The molecular weight excluding hydrogens is 294 g/mol. The second kappa shape index (κ2) is 5.03. The van der Waals surface area contributed by atoms with Crippen LogP contribution in [-0.4, -0.2) is 46.4 Å². The fourth-order valence-corrected chi connectivity index (χ4v) is 2.09. The molecule has 0 aromatic carbocycles. The molecule has 114 valence electrons. The molecule has 2 N–H and O–H groups in total. The normalized spacial score (nSPS) is 12.5. The van der Waals surface area contributed by atoms with E-state index in [1.165, 1.54) is 4.40 Å². The van der Waals surface area contributed by atoms with Crippen LogP contribution in [0, 0.1) is 0 Å². The van der Waals surface area contributed by atoms with Gasteiger partial charge in [0.2, 0.25) is 0 Å². The maximum atomic E-state index is 11.7. The Bertz CT molecular complexity index is 793. The Morgan fingerprint density at radius 3 is 2.67 bits per heavy atom. The molecule has 7 nitrogen and oxygen atoms in total. The van der Waals surface area contributed by atoms with E-state index in [1.807, 2.05) is 0 Å². The van der Waals surface area contributed by atoms with E-state index in [2.05, 4.69) is 10.3 Å². The number of aromatic carboxylic acids is 1. The van der Waals surface area contributed by atoms with Crippen LogP contribution in [0.2, 0.25) is 0 Å². The van der Waals surface area contributed by atoms with Gasteiger partial charge in [-0.15, -0.1) is 0 Å². The first-order valence-electron chi connectivity index (χ1n) is 6.27. The van der Waals surface area contributed by atoms with Crippen LogP contribution in [0.4, 0.5) is 5.82 Å². The van der Waals surface area contributed by atoms with Crippen molar-refractivity contribution in [2.24, 2.45) is 0 Å². The SMILES string of the molecule is CC(C)(CNc1nc2ccccn2c1C(=O)O)S(C)(=O)=O. The zero-order valence-corrected chi connectivity index (χ0v) is 12.8. The van der Waals surface area contributed by atoms with Gasteiger partial charge in [-0.3, -0.25) is 4.40 Å². The van der Waals surface area contributed by atoms with Crippen LogP contribution in [-0.2, 0) is 9.84 Å². The minimum Gasteiger partial charge on any atom is -0.476 e. The Morgan fingerprint density at radius 2 is 2.10 bits per heavy atom. The Morgan fingerprint density at radius 1 is 1.43 bits per heavy atom. The molecule has 0 saturated carbocycles. The van der Waals surface area contributed by atoms with E-state index in [1.54, 1.807) is 38.2 Å². The number of aromatic nitrogens is 2. The first-order valence-corrected chi connectivity index (χ1v) is 8.16. The molecular formula is C13H17N3O4S. The number of hydrogen-bond donors (Lipinski definition) is 2. The van der Waals surface area contributed by atoms with Crippen molar-refractivity contribution in [2.75, 3.05) is 18.1 Å². The molecule has 8 heteroatoms. The van der Waals surface area contributed by atoms with Gasteiger partial charge < -0.3 is 10.4 Å². The average molecular weight is 311 g/mol. The van der Waals surface area contributed by atoms with E-state index in [0.29, 0.717) is 5.65 Å². The summed E-state index contributed by atoms with van der Waals surface area (Å²) in [6.45, 7) is 3.22. The third-order valence-corrected chi connectivity index (χ3v) is 5.57. The van der Waals surface area contributed by atoms with Gasteiger partial charge in [-0.1, -0.05) is 6.07 Å². The highest BCUT2D eigenvalue weighted by Crippen LogP contribution is 2.21. The zero-order valence-electron chi connectivity index (χ0n) is 12.0. The third-order valence-electron chi connectivity index (χ3n) is 3.42. The number of nitrogens with zero attached hydrogens (tertiary/aromatic N) is 2. The maximum absolute atomic E-state index is 11.7. The maximum Gasteiger partial charge on any atom is 0.356 e. The number of sulfone groups is 1. The fourth-order valence-electron chi connectivity index (χ4n) is 1.75. The number of fused-ring (bicyclic) bond motifs is 1. The topological polar surface area (TPSA) is 101 Å². The van der Waals surface area contributed by atoms with Crippen molar-refractivity contribution in [1.29, 1.82) is 0 Å².